The van der Waals surface area contributed by atoms with E-state index in [9.17, 15) is 22.8 Å². The SMILES string of the molecule is CC(C)C[C@H](NC(=O)c1cc2ccccc2o1)C(=O)NC1CCCN(S(=O)(=O)c2cccs2)CC1=O. The predicted molar refractivity (Wildman–Crippen MR) is 136 cm³/mol. The van der Waals surface area contributed by atoms with Crippen LogP contribution in [0.4, 0.5) is 0 Å². The van der Waals surface area contributed by atoms with Gasteiger partial charge in [-0.1, -0.05) is 38.1 Å². The van der Waals surface area contributed by atoms with Crippen LogP contribution in [0.25, 0.3) is 11.0 Å². The van der Waals surface area contributed by atoms with Gasteiger partial charge in [0.05, 0.1) is 12.6 Å². The predicted octanol–water partition coefficient (Wildman–Crippen LogP) is 3.18. The Morgan fingerprint density at radius 1 is 1.19 bits per heavy atom. The number of ketones is 1. The normalized spacial score (nSPS) is 18.2. The summed E-state index contributed by atoms with van der Waals surface area (Å²) in [5, 5.41) is 7.93. The van der Waals surface area contributed by atoms with Crippen LogP contribution in [0.15, 0.2) is 56.5 Å². The minimum atomic E-state index is -3.77. The van der Waals surface area contributed by atoms with Crippen molar-refractivity contribution in [2.75, 3.05) is 13.1 Å². The van der Waals surface area contributed by atoms with Gasteiger partial charge >= 0.3 is 0 Å². The van der Waals surface area contributed by atoms with E-state index in [1.165, 1.54) is 10.4 Å². The van der Waals surface area contributed by atoms with Gasteiger partial charge in [0.2, 0.25) is 5.91 Å². The number of furan rings is 1. The maximum atomic E-state index is 13.2. The highest BCUT2D eigenvalue weighted by molar-refractivity contribution is 7.91. The Hall–Kier alpha value is -3.02. The smallest absolute Gasteiger partial charge is 0.287 e. The standard InChI is InChI=1S/C25H29N3O6S2/c1-16(2)13-19(27-25(31)22-14-17-7-3-4-9-21(17)34-22)24(30)26-18-8-5-11-28(15-20(18)29)36(32,33)23-10-6-12-35-23/h3-4,6-7,9-10,12,14,16,18-19H,5,8,11,13,15H2,1-2H3,(H,26,30)(H,27,31)/t18?,19-/m0/s1. The number of carbonyl (C=O) groups excluding carboxylic acids is 3. The number of thiophene rings is 1. The first-order valence-corrected chi connectivity index (χ1v) is 14.1. The van der Waals surface area contributed by atoms with E-state index in [4.69, 9.17) is 4.42 Å². The summed E-state index contributed by atoms with van der Waals surface area (Å²) in [6.45, 7) is 3.73. The number of rotatable bonds is 8. The molecule has 4 rings (SSSR count). The monoisotopic (exact) mass is 531 g/mol. The largest absolute Gasteiger partial charge is 0.451 e. The van der Waals surface area contributed by atoms with Crippen molar-refractivity contribution in [2.24, 2.45) is 5.92 Å². The quantitative estimate of drug-likeness (QED) is 0.460. The molecular formula is C25H29N3O6S2. The first kappa shape index (κ1) is 26.1. The van der Waals surface area contributed by atoms with Crippen molar-refractivity contribution in [3.63, 3.8) is 0 Å². The molecule has 2 amide bonds. The van der Waals surface area contributed by atoms with E-state index in [0.29, 0.717) is 24.8 Å². The van der Waals surface area contributed by atoms with Gasteiger partial charge in [0.25, 0.3) is 15.9 Å². The first-order valence-electron chi connectivity index (χ1n) is 11.8. The van der Waals surface area contributed by atoms with E-state index in [1.807, 2.05) is 26.0 Å². The number of nitrogens with one attached hydrogen (secondary N) is 2. The second-order valence-electron chi connectivity index (χ2n) is 9.24. The zero-order valence-electron chi connectivity index (χ0n) is 20.1. The van der Waals surface area contributed by atoms with Gasteiger partial charge in [-0.2, -0.15) is 4.31 Å². The molecule has 1 aliphatic heterocycles. The molecule has 9 nitrogen and oxygen atoms in total. The fourth-order valence-electron chi connectivity index (χ4n) is 4.19. The molecule has 1 saturated heterocycles. The molecule has 2 N–H and O–H groups in total. The summed E-state index contributed by atoms with van der Waals surface area (Å²) in [6.07, 6.45) is 1.09. The van der Waals surface area contributed by atoms with Gasteiger partial charge in [0.1, 0.15) is 15.8 Å². The van der Waals surface area contributed by atoms with E-state index < -0.39 is 33.9 Å². The summed E-state index contributed by atoms with van der Waals surface area (Å²) in [5.74, 6) is -1.20. The van der Waals surface area contributed by atoms with E-state index in [1.54, 1.807) is 29.6 Å². The molecule has 0 radical (unpaired) electrons. The molecule has 1 unspecified atom stereocenters. The highest BCUT2D eigenvalue weighted by Gasteiger charge is 2.34. The zero-order valence-corrected chi connectivity index (χ0v) is 21.7. The molecule has 0 bridgehead atoms. The van der Waals surface area contributed by atoms with Gasteiger partial charge in [-0.15, -0.1) is 11.3 Å². The molecule has 3 heterocycles. The molecule has 2 aromatic heterocycles. The average Bonchev–Trinajstić information content (AvgIpc) is 3.49. The van der Waals surface area contributed by atoms with Gasteiger partial charge in [-0.25, -0.2) is 8.42 Å². The summed E-state index contributed by atoms with van der Waals surface area (Å²) in [4.78, 5) is 39.0. The highest BCUT2D eigenvalue weighted by atomic mass is 32.2. The topological polar surface area (TPSA) is 126 Å². The Morgan fingerprint density at radius 3 is 2.67 bits per heavy atom. The zero-order chi connectivity index (χ0) is 25.9. The van der Waals surface area contributed by atoms with Crippen LogP contribution in [-0.2, 0) is 19.6 Å². The third-order valence-electron chi connectivity index (χ3n) is 6.01. The Labute approximate surface area is 213 Å². The van der Waals surface area contributed by atoms with Crippen molar-refractivity contribution in [3.05, 3.63) is 53.6 Å². The molecular weight excluding hydrogens is 502 g/mol. The van der Waals surface area contributed by atoms with Gasteiger partial charge < -0.3 is 15.1 Å². The van der Waals surface area contributed by atoms with Crippen LogP contribution in [0.3, 0.4) is 0 Å². The number of fused-ring (bicyclic) bond motifs is 1. The molecule has 1 aromatic carbocycles. The van der Waals surface area contributed by atoms with Crippen LogP contribution in [0.2, 0.25) is 0 Å². The number of hydrogen-bond donors (Lipinski definition) is 2. The molecule has 3 aromatic rings. The van der Waals surface area contributed by atoms with Crippen molar-refractivity contribution < 1.29 is 27.2 Å². The van der Waals surface area contributed by atoms with Crippen LogP contribution in [0, 0.1) is 5.92 Å². The van der Waals surface area contributed by atoms with Crippen molar-refractivity contribution in [1.29, 1.82) is 0 Å². The summed E-state index contributed by atoms with van der Waals surface area (Å²) < 4.78 is 32.7. The molecule has 11 heteroatoms. The lowest BCUT2D eigenvalue weighted by Gasteiger charge is -2.23. The van der Waals surface area contributed by atoms with Crippen LogP contribution in [0.1, 0.15) is 43.7 Å². The van der Waals surface area contributed by atoms with Crippen molar-refractivity contribution in [1.82, 2.24) is 14.9 Å². The fraction of sp³-hybridized carbons (Fsp3) is 0.400. The second-order valence-corrected chi connectivity index (χ2v) is 12.4. The number of hydrogen-bond acceptors (Lipinski definition) is 7. The summed E-state index contributed by atoms with van der Waals surface area (Å²) in [5.41, 5.74) is 0.568. The minimum Gasteiger partial charge on any atom is -0.451 e. The van der Waals surface area contributed by atoms with Crippen molar-refractivity contribution in [3.8, 4) is 0 Å². The Kier molecular flexibility index (Phi) is 7.91. The Morgan fingerprint density at radius 2 is 1.97 bits per heavy atom. The Balaban J connectivity index is 1.44. The lowest BCUT2D eigenvalue weighted by atomic mass is 10.0. The average molecular weight is 532 g/mol. The Bertz CT molecular complexity index is 1310. The third kappa shape index (κ3) is 5.85. The molecule has 192 valence electrons. The third-order valence-corrected chi connectivity index (χ3v) is 9.22. The molecule has 1 fully saturated rings. The number of benzene rings is 1. The fourth-order valence-corrected chi connectivity index (χ4v) is 6.78. The van der Waals surface area contributed by atoms with E-state index in [2.05, 4.69) is 10.6 Å². The van der Waals surface area contributed by atoms with Gasteiger partial charge in [-0.05, 0) is 48.8 Å². The maximum absolute atomic E-state index is 13.2. The number of carbonyl (C=O) groups is 3. The van der Waals surface area contributed by atoms with Crippen LogP contribution in [0.5, 0.6) is 0 Å². The van der Waals surface area contributed by atoms with E-state index >= 15 is 0 Å². The molecule has 0 spiro atoms. The molecule has 0 aliphatic carbocycles. The maximum Gasteiger partial charge on any atom is 0.287 e. The number of Topliss-reactive ketones (excluding diaryl/α,β-unsaturated/α-hetero) is 1. The van der Waals surface area contributed by atoms with Crippen molar-refractivity contribution >= 4 is 49.9 Å². The van der Waals surface area contributed by atoms with Gasteiger partial charge in [0, 0.05) is 11.9 Å². The van der Waals surface area contributed by atoms with E-state index in [0.717, 1.165) is 16.7 Å². The summed E-state index contributed by atoms with van der Waals surface area (Å²) >= 11 is 1.10. The van der Waals surface area contributed by atoms with Crippen LogP contribution in [-0.4, -0.2) is 55.5 Å². The van der Waals surface area contributed by atoms with Crippen LogP contribution >= 0.6 is 11.3 Å². The van der Waals surface area contributed by atoms with Crippen LogP contribution < -0.4 is 10.6 Å². The lowest BCUT2D eigenvalue weighted by Crippen LogP contribution is -2.52. The van der Waals surface area contributed by atoms with Crippen molar-refractivity contribution in [2.45, 2.75) is 49.4 Å². The highest BCUT2D eigenvalue weighted by Crippen LogP contribution is 2.23. The summed E-state index contributed by atoms with van der Waals surface area (Å²) in [7, 11) is -3.77. The van der Waals surface area contributed by atoms with Gasteiger partial charge in [0.15, 0.2) is 11.5 Å². The van der Waals surface area contributed by atoms with Gasteiger partial charge in [-0.3, -0.25) is 14.4 Å². The van der Waals surface area contributed by atoms with E-state index in [-0.39, 0.29) is 34.8 Å². The molecule has 1 aliphatic rings. The molecule has 0 saturated carbocycles. The number of para-hydroxylation sites is 1. The lowest BCUT2D eigenvalue weighted by molar-refractivity contribution is -0.129. The second kappa shape index (κ2) is 10.9. The number of amides is 2. The summed E-state index contributed by atoms with van der Waals surface area (Å²) in [6, 6.07) is 10.3. The minimum absolute atomic E-state index is 0.0907. The molecule has 2 atom stereocenters. The molecule has 36 heavy (non-hydrogen) atoms. The first-order chi connectivity index (χ1) is 17.1. The number of nitrogens with zero attached hydrogens (tertiary/aromatic N) is 1. The number of sulfonamides is 1.